The number of benzene rings is 1. The molecule has 1 heterocycles. The monoisotopic (exact) mass is 269 g/mol. The number of rotatable bonds is 2. The number of hydrogen-bond donors (Lipinski definition) is 2. The smallest absolute Gasteiger partial charge is 0.261 e. The number of carbonyl (C=O) groups is 1. The molecule has 88 valence electrons. The zero-order chi connectivity index (χ0) is 12.4. The first-order chi connectivity index (χ1) is 8.06. The number of carbonyl (C=O) groups excluding carboxylic acids is 1. The number of phenols is 1. The van der Waals surface area contributed by atoms with Crippen LogP contribution in [0.3, 0.4) is 0 Å². The largest absolute Gasteiger partial charge is 0.507 e. The van der Waals surface area contributed by atoms with Gasteiger partial charge in [-0.2, -0.15) is 0 Å². The number of nitrogens with one attached hydrogen (secondary N) is 1. The van der Waals surface area contributed by atoms with E-state index in [2.05, 4.69) is 15.5 Å². The van der Waals surface area contributed by atoms with E-state index in [0.29, 0.717) is 10.2 Å². The molecule has 0 aliphatic heterocycles. The van der Waals surface area contributed by atoms with Crippen LogP contribution in [0.2, 0.25) is 5.02 Å². The van der Waals surface area contributed by atoms with Crippen molar-refractivity contribution in [1.82, 2.24) is 10.2 Å². The molecule has 0 unspecified atom stereocenters. The Morgan fingerprint density at radius 1 is 1.47 bits per heavy atom. The number of aromatic nitrogens is 2. The highest BCUT2D eigenvalue weighted by molar-refractivity contribution is 7.15. The van der Waals surface area contributed by atoms with Crippen molar-refractivity contribution in [2.75, 3.05) is 5.32 Å². The lowest BCUT2D eigenvalue weighted by molar-refractivity contribution is 0.102. The van der Waals surface area contributed by atoms with Crippen molar-refractivity contribution in [3.63, 3.8) is 0 Å². The van der Waals surface area contributed by atoms with Crippen LogP contribution in [0.4, 0.5) is 5.13 Å². The number of aryl methyl sites for hydroxylation is 1. The van der Waals surface area contributed by atoms with E-state index in [0.717, 1.165) is 5.01 Å². The normalized spacial score (nSPS) is 10.2. The fourth-order valence-electron chi connectivity index (χ4n) is 1.21. The second-order valence-electron chi connectivity index (χ2n) is 3.24. The highest BCUT2D eigenvalue weighted by atomic mass is 35.5. The van der Waals surface area contributed by atoms with Gasteiger partial charge in [0.15, 0.2) is 0 Å². The van der Waals surface area contributed by atoms with Crippen molar-refractivity contribution < 1.29 is 9.90 Å². The van der Waals surface area contributed by atoms with Crippen molar-refractivity contribution in [3.05, 3.63) is 33.8 Å². The van der Waals surface area contributed by atoms with Gasteiger partial charge in [-0.1, -0.05) is 22.9 Å². The summed E-state index contributed by atoms with van der Waals surface area (Å²) in [7, 11) is 0. The molecule has 2 aromatic rings. The molecular weight excluding hydrogens is 262 g/mol. The summed E-state index contributed by atoms with van der Waals surface area (Å²) >= 11 is 6.93. The molecule has 1 aromatic carbocycles. The van der Waals surface area contributed by atoms with Crippen LogP contribution >= 0.6 is 22.9 Å². The first-order valence-electron chi connectivity index (χ1n) is 4.66. The van der Waals surface area contributed by atoms with Gasteiger partial charge < -0.3 is 5.11 Å². The number of phenolic OH excluding ortho intramolecular Hbond substituents is 1. The maximum Gasteiger partial charge on any atom is 0.261 e. The summed E-state index contributed by atoms with van der Waals surface area (Å²) in [5.74, 6) is -0.619. The van der Waals surface area contributed by atoms with E-state index in [-0.39, 0.29) is 11.3 Å². The lowest BCUT2D eigenvalue weighted by Gasteiger charge is -2.03. The Hall–Kier alpha value is -1.66. The first kappa shape index (κ1) is 11.8. The highest BCUT2D eigenvalue weighted by Crippen LogP contribution is 2.23. The Balaban J connectivity index is 2.20. The average Bonchev–Trinajstić information content (AvgIpc) is 2.63. The topological polar surface area (TPSA) is 75.1 Å². The summed E-state index contributed by atoms with van der Waals surface area (Å²) in [5.41, 5.74) is 0.141. The number of halogens is 1. The third-order valence-corrected chi connectivity index (χ3v) is 2.94. The fraction of sp³-hybridized carbons (Fsp3) is 0.100. The molecule has 0 aliphatic rings. The molecule has 7 heteroatoms. The van der Waals surface area contributed by atoms with Gasteiger partial charge in [0.05, 0.1) is 5.56 Å². The molecule has 0 fully saturated rings. The van der Waals surface area contributed by atoms with E-state index in [9.17, 15) is 9.90 Å². The van der Waals surface area contributed by atoms with Gasteiger partial charge in [-0.3, -0.25) is 10.1 Å². The van der Waals surface area contributed by atoms with Crippen LogP contribution in [0, 0.1) is 6.92 Å². The number of amides is 1. The Morgan fingerprint density at radius 2 is 2.24 bits per heavy atom. The minimum absolute atomic E-state index is 0.141. The minimum atomic E-state index is -0.449. The molecule has 0 atom stereocenters. The molecule has 0 saturated carbocycles. The third kappa shape index (κ3) is 2.72. The highest BCUT2D eigenvalue weighted by Gasteiger charge is 2.13. The van der Waals surface area contributed by atoms with E-state index < -0.39 is 5.91 Å². The summed E-state index contributed by atoms with van der Waals surface area (Å²) in [6, 6.07) is 4.28. The van der Waals surface area contributed by atoms with Gasteiger partial charge in [-0.05, 0) is 25.1 Å². The van der Waals surface area contributed by atoms with Gasteiger partial charge in [-0.15, -0.1) is 10.2 Å². The number of hydrogen-bond acceptors (Lipinski definition) is 5. The summed E-state index contributed by atoms with van der Waals surface area (Å²) in [4.78, 5) is 11.8. The molecule has 1 aromatic heterocycles. The maximum atomic E-state index is 11.8. The van der Waals surface area contributed by atoms with Crippen LogP contribution in [0.25, 0.3) is 0 Å². The SMILES string of the molecule is Cc1nnc(NC(=O)c2ccc(Cl)cc2O)s1. The molecule has 17 heavy (non-hydrogen) atoms. The maximum absolute atomic E-state index is 11.8. The van der Waals surface area contributed by atoms with Gasteiger partial charge in [0, 0.05) is 5.02 Å². The number of nitrogens with zero attached hydrogens (tertiary/aromatic N) is 2. The van der Waals surface area contributed by atoms with Gasteiger partial charge in [0.2, 0.25) is 5.13 Å². The molecule has 5 nitrogen and oxygen atoms in total. The van der Waals surface area contributed by atoms with E-state index in [1.54, 1.807) is 6.92 Å². The number of anilines is 1. The molecule has 2 N–H and O–H groups in total. The Bertz CT molecular complexity index is 570. The van der Waals surface area contributed by atoms with Crippen LogP contribution in [0.5, 0.6) is 5.75 Å². The van der Waals surface area contributed by atoms with Gasteiger partial charge in [0.1, 0.15) is 10.8 Å². The predicted molar refractivity (Wildman–Crippen MR) is 65.7 cm³/mol. The minimum Gasteiger partial charge on any atom is -0.507 e. The van der Waals surface area contributed by atoms with Crippen LogP contribution in [-0.2, 0) is 0 Å². The summed E-state index contributed by atoms with van der Waals surface area (Å²) in [5, 5.41) is 21.1. The molecule has 2 rings (SSSR count). The van der Waals surface area contributed by atoms with Crippen LogP contribution < -0.4 is 5.32 Å². The Morgan fingerprint density at radius 3 is 2.82 bits per heavy atom. The van der Waals surface area contributed by atoms with Crippen molar-refractivity contribution in [2.45, 2.75) is 6.92 Å². The van der Waals surface area contributed by atoms with Crippen molar-refractivity contribution >= 4 is 34.0 Å². The zero-order valence-electron chi connectivity index (χ0n) is 8.77. The Labute approximate surface area is 106 Å². The summed E-state index contributed by atoms with van der Waals surface area (Å²) < 4.78 is 0. The average molecular weight is 270 g/mol. The Kier molecular flexibility index (Phi) is 3.26. The molecule has 1 amide bonds. The second-order valence-corrected chi connectivity index (χ2v) is 4.86. The van der Waals surface area contributed by atoms with E-state index in [1.165, 1.54) is 29.5 Å². The molecule has 0 aliphatic carbocycles. The predicted octanol–water partition coefficient (Wildman–Crippen LogP) is 2.46. The van der Waals surface area contributed by atoms with Gasteiger partial charge in [-0.25, -0.2) is 0 Å². The molecular formula is C10H8ClN3O2S. The van der Waals surface area contributed by atoms with Crippen LogP contribution in [-0.4, -0.2) is 21.2 Å². The van der Waals surface area contributed by atoms with E-state index in [4.69, 9.17) is 11.6 Å². The summed E-state index contributed by atoms with van der Waals surface area (Å²) in [6.45, 7) is 1.78. The quantitative estimate of drug-likeness (QED) is 0.878. The lowest BCUT2D eigenvalue weighted by Crippen LogP contribution is -2.11. The zero-order valence-corrected chi connectivity index (χ0v) is 10.3. The van der Waals surface area contributed by atoms with Gasteiger partial charge >= 0.3 is 0 Å². The van der Waals surface area contributed by atoms with Gasteiger partial charge in [0.25, 0.3) is 5.91 Å². The summed E-state index contributed by atoms with van der Waals surface area (Å²) in [6.07, 6.45) is 0. The third-order valence-electron chi connectivity index (χ3n) is 1.95. The van der Waals surface area contributed by atoms with E-state index >= 15 is 0 Å². The first-order valence-corrected chi connectivity index (χ1v) is 5.85. The number of aromatic hydroxyl groups is 1. The fourth-order valence-corrected chi connectivity index (χ4v) is 1.96. The molecule has 0 bridgehead atoms. The molecule has 0 spiro atoms. The van der Waals surface area contributed by atoms with Crippen molar-refractivity contribution in [2.24, 2.45) is 0 Å². The van der Waals surface area contributed by atoms with Crippen LogP contribution in [0.15, 0.2) is 18.2 Å². The molecule has 0 radical (unpaired) electrons. The standard InChI is InChI=1S/C10H8ClN3O2S/c1-5-13-14-10(17-5)12-9(16)7-3-2-6(11)4-8(7)15/h2-4,15H,1H3,(H,12,14,16). The molecule has 0 saturated heterocycles. The van der Waals surface area contributed by atoms with E-state index in [1.807, 2.05) is 0 Å². The van der Waals surface area contributed by atoms with Crippen LogP contribution in [0.1, 0.15) is 15.4 Å². The lowest BCUT2D eigenvalue weighted by atomic mass is 10.2. The second kappa shape index (κ2) is 4.68. The van der Waals surface area contributed by atoms with Crippen molar-refractivity contribution in [3.8, 4) is 5.75 Å². The van der Waals surface area contributed by atoms with Crippen molar-refractivity contribution in [1.29, 1.82) is 0 Å².